The highest BCUT2D eigenvalue weighted by molar-refractivity contribution is 7.99. The van der Waals surface area contributed by atoms with Crippen molar-refractivity contribution >= 4 is 42.3 Å². The lowest BCUT2D eigenvalue weighted by Crippen LogP contribution is -2.57. The molecule has 120 valence electrons. The van der Waals surface area contributed by atoms with Crippen molar-refractivity contribution in [3.63, 3.8) is 0 Å². The largest absolute Gasteiger partial charge is 0.444 e. The van der Waals surface area contributed by atoms with Crippen LogP contribution in [0.15, 0.2) is 0 Å². The number of nitrogens with two attached hydrogens (primary N) is 1. The standard InChI is InChI=1S/C12H21N3O4S2/c1-11(2,3)19-10(18)15-6-21-5-7(15)8(16)14-12(4,20)9(13)17/h7,20H,5-6H2,1-4H3,(H2,13,17)(H,14,16)/t7-,12?/m0/s1. The molecular formula is C12H21N3O4S2. The molecule has 1 saturated heterocycles. The van der Waals surface area contributed by atoms with Crippen LogP contribution in [0.3, 0.4) is 0 Å². The van der Waals surface area contributed by atoms with E-state index >= 15 is 0 Å². The van der Waals surface area contributed by atoms with Gasteiger partial charge in [-0.05, 0) is 27.7 Å². The molecule has 7 nitrogen and oxygen atoms in total. The average molecular weight is 335 g/mol. The molecule has 0 bridgehead atoms. The maximum absolute atomic E-state index is 12.2. The van der Waals surface area contributed by atoms with Crippen molar-refractivity contribution in [1.82, 2.24) is 10.2 Å². The van der Waals surface area contributed by atoms with Crippen LogP contribution in [0.1, 0.15) is 27.7 Å². The number of hydrogen-bond acceptors (Lipinski definition) is 6. The van der Waals surface area contributed by atoms with E-state index in [1.54, 1.807) is 20.8 Å². The van der Waals surface area contributed by atoms with E-state index < -0.39 is 34.4 Å². The van der Waals surface area contributed by atoms with Crippen molar-refractivity contribution in [2.75, 3.05) is 11.6 Å². The second-order valence-electron chi connectivity index (χ2n) is 5.89. The van der Waals surface area contributed by atoms with Crippen molar-refractivity contribution in [2.45, 2.75) is 44.2 Å². The quantitative estimate of drug-likeness (QED) is 0.516. The summed E-state index contributed by atoms with van der Waals surface area (Å²) in [6.45, 7) is 6.64. The first-order valence-corrected chi connectivity index (χ1v) is 7.96. The summed E-state index contributed by atoms with van der Waals surface area (Å²) in [7, 11) is 0. The van der Waals surface area contributed by atoms with Gasteiger partial charge >= 0.3 is 6.09 Å². The molecule has 1 aliphatic rings. The van der Waals surface area contributed by atoms with Crippen LogP contribution in [-0.4, -0.2) is 51.0 Å². The zero-order chi connectivity index (χ0) is 16.4. The molecule has 1 fully saturated rings. The Bertz CT molecular complexity index is 448. The SMILES string of the molecule is CC(C)(C)OC(=O)N1CSC[C@H]1C(=O)NC(C)(S)C(N)=O. The first kappa shape index (κ1) is 18.0. The Balaban J connectivity index is 2.75. The van der Waals surface area contributed by atoms with Gasteiger partial charge in [0.15, 0.2) is 4.87 Å². The van der Waals surface area contributed by atoms with Gasteiger partial charge in [0.25, 0.3) is 5.91 Å². The van der Waals surface area contributed by atoms with E-state index in [2.05, 4.69) is 17.9 Å². The number of hydrogen-bond donors (Lipinski definition) is 3. The average Bonchev–Trinajstić information content (AvgIpc) is 2.74. The zero-order valence-corrected chi connectivity index (χ0v) is 14.2. The van der Waals surface area contributed by atoms with Crippen LogP contribution in [0.25, 0.3) is 0 Å². The van der Waals surface area contributed by atoms with Crippen LogP contribution in [0, 0.1) is 0 Å². The van der Waals surface area contributed by atoms with Crippen molar-refractivity contribution in [2.24, 2.45) is 5.73 Å². The molecule has 9 heteroatoms. The summed E-state index contributed by atoms with van der Waals surface area (Å²) < 4.78 is 5.26. The lowest BCUT2D eigenvalue weighted by Gasteiger charge is -2.29. The van der Waals surface area contributed by atoms with E-state index in [1.807, 2.05) is 0 Å². The molecule has 0 aliphatic carbocycles. The fourth-order valence-electron chi connectivity index (χ4n) is 1.55. The summed E-state index contributed by atoms with van der Waals surface area (Å²) in [5.74, 6) is -0.476. The Labute approximate surface area is 133 Å². The van der Waals surface area contributed by atoms with E-state index in [0.717, 1.165) is 0 Å². The van der Waals surface area contributed by atoms with Gasteiger partial charge in [0, 0.05) is 5.75 Å². The first-order chi connectivity index (χ1) is 9.44. The zero-order valence-electron chi connectivity index (χ0n) is 12.5. The number of nitrogens with one attached hydrogen (secondary N) is 1. The number of primary amides is 1. The van der Waals surface area contributed by atoms with Crippen LogP contribution < -0.4 is 11.1 Å². The minimum atomic E-state index is -1.47. The number of ether oxygens (including phenoxy) is 1. The van der Waals surface area contributed by atoms with Crippen LogP contribution in [-0.2, 0) is 14.3 Å². The summed E-state index contributed by atoms with van der Waals surface area (Å²) in [5, 5.41) is 2.43. The summed E-state index contributed by atoms with van der Waals surface area (Å²) in [6, 6.07) is -0.712. The van der Waals surface area contributed by atoms with E-state index in [0.29, 0.717) is 11.6 Å². The van der Waals surface area contributed by atoms with Crippen LogP contribution >= 0.6 is 24.4 Å². The number of thiol groups is 1. The lowest BCUT2D eigenvalue weighted by molar-refractivity contribution is -0.130. The lowest BCUT2D eigenvalue weighted by atomic mass is 10.2. The maximum Gasteiger partial charge on any atom is 0.411 e. The molecular weight excluding hydrogens is 314 g/mol. The van der Waals surface area contributed by atoms with E-state index in [4.69, 9.17) is 10.5 Å². The van der Waals surface area contributed by atoms with E-state index in [1.165, 1.54) is 23.6 Å². The highest BCUT2D eigenvalue weighted by atomic mass is 32.2. The van der Waals surface area contributed by atoms with Crippen LogP contribution in [0.4, 0.5) is 4.79 Å². The number of amides is 3. The molecule has 3 amide bonds. The van der Waals surface area contributed by atoms with Gasteiger partial charge in [0.1, 0.15) is 11.6 Å². The number of nitrogens with zero attached hydrogens (tertiary/aromatic N) is 1. The van der Waals surface area contributed by atoms with E-state index in [9.17, 15) is 14.4 Å². The normalized spacial score (nSPS) is 21.6. The third-order valence-electron chi connectivity index (χ3n) is 2.66. The Hall–Kier alpha value is -1.09. The summed E-state index contributed by atoms with van der Waals surface area (Å²) in [6.07, 6.45) is -0.562. The Morgan fingerprint density at radius 3 is 2.38 bits per heavy atom. The topological polar surface area (TPSA) is 102 Å². The Morgan fingerprint density at radius 1 is 1.33 bits per heavy atom. The number of rotatable bonds is 3. The molecule has 1 unspecified atom stereocenters. The smallest absolute Gasteiger partial charge is 0.411 e. The molecule has 0 saturated carbocycles. The molecule has 1 rings (SSSR count). The monoisotopic (exact) mass is 335 g/mol. The van der Waals surface area contributed by atoms with Gasteiger partial charge in [0.2, 0.25) is 5.91 Å². The second kappa shape index (κ2) is 6.35. The predicted molar refractivity (Wildman–Crippen MR) is 83.9 cm³/mol. The van der Waals surface area contributed by atoms with Gasteiger partial charge in [-0.25, -0.2) is 4.79 Å². The van der Waals surface area contributed by atoms with Gasteiger partial charge in [-0.2, -0.15) is 0 Å². The first-order valence-electron chi connectivity index (χ1n) is 6.36. The number of carbonyl (C=O) groups is 3. The van der Waals surface area contributed by atoms with Crippen LogP contribution in [0.5, 0.6) is 0 Å². The summed E-state index contributed by atoms with van der Waals surface area (Å²) in [5.41, 5.74) is 4.51. The molecule has 3 N–H and O–H groups in total. The molecule has 0 aromatic heterocycles. The summed E-state index contributed by atoms with van der Waals surface area (Å²) >= 11 is 5.45. The van der Waals surface area contributed by atoms with E-state index in [-0.39, 0.29) is 0 Å². The molecule has 0 spiro atoms. The molecule has 1 heterocycles. The molecule has 0 aromatic rings. The van der Waals surface area contributed by atoms with Gasteiger partial charge in [-0.15, -0.1) is 24.4 Å². The number of thioether (sulfide) groups is 1. The van der Waals surface area contributed by atoms with Gasteiger partial charge in [-0.1, -0.05) is 0 Å². The molecule has 0 aromatic carbocycles. The van der Waals surface area contributed by atoms with Crippen molar-refractivity contribution < 1.29 is 19.1 Å². The molecule has 21 heavy (non-hydrogen) atoms. The highest BCUT2D eigenvalue weighted by Gasteiger charge is 2.40. The highest BCUT2D eigenvalue weighted by Crippen LogP contribution is 2.24. The second-order valence-corrected chi connectivity index (χ2v) is 7.79. The third-order valence-corrected chi connectivity index (χ3v) is 4.00. The fourth-order valence-corrected chi connectivity index (χ4v) is 2.80. The molecule has 0 radical (unpaired) electrons. The van der Waals surface area contributed by atoms with Crippen molar-refractivity contribution in [3.05, 3.63) is 0 Å². The summed E-state index contributed by atoms with van der Waals surface area (Å²) in [4.78, 5) is 35.3. The molecule has 2 atom stereocenters. The van der Waals surface area contributed by atoms with Crippen molar-refractivity contribution in [1.29, 1.82) is 0 Å². The van der Waals surface area contributed by atoms with Crippen molar-refractivity contribution in [3.8, 4) is 0 Å². The van der Waals surface area contributed by atoms with Crippen LogP contribution in [0.2, 0.25) is 0 Å². The van der Waals surface area contributed by atoms with Gasteiger partial charge < -0.3 is 15.8 Å². The Morgan fingerprint density at radius 2 is 1.90 bits per heavy atom. The maximum atomic E-state index is 12.2. The number of carbonyl (C=O) groups excluding carboxylic acids is 3. The third kappa shape index (κ3) is 4.99. The van der Waals surface area contributed by atoms with Gasteiger partial charge in [0.05, 0.1) is 5.88 Å². The molecule has 1 aliphatic heterocycles. The van der Waals surface area contributed by atoms with Gasteiger partial charge in [-0.3, -0.25) is 14.5 Å². The minimum absolute atomic E-state index is 0.354. The minimum Gasteiger partial charge on any atom is -0.444 e. The predicted octanol–water partition coefficient (Wildman–Crippen LogP) is 0.544. The fraction of sp³-hybridized carbons (Fsp3) is 0.750. The Kier molecular flexibility index (Phi) is 5.43.